The number of amides is 1. The Bertz CT molecular complexity index is 527. The van der Waals surface area contributed by atoms with Crippen LogP contribution in [-0.2, 0) is 0 Å². The summed E-state index contributed by atoms with van der Waals surface area (Å²) in [6, 6.07) is 11.4. The van der Waals surface area contributed by atoms with E-state index in [1.807, 2.05) is 37.4 Å². The lowest BCUT2D eigenvalue weighted by atomic mass is 10.3. The summed E-state index contributed by atoms with van der Waals surface area (Å²) in [6.45, 7) is 1.54. The number of aromatic nitrogens is 2. The van der Waals surface area contributed by atoms with Crippen LogP contribution in [0, 0.1) is 0 Å². The van der Waals surface area contributed by atoms with E-state index in [4.69, 9.17) is 0 Å². The van der Waals surface area contributed by atoms with Gasteiger partial charge in [-0.05, 0) is 38.2 Å². The maximum Gasteiger partial charge on any atom is 0.271 e. The molecule has 0 radical (unpaired) electrons. The molecule has 1 aromatic carbocycles. The average molecular weight is 295 g/mol. The summed E-state index contributed by atoms with van der Waals surface area (Å²) in [7, 11) is 1.89. The lowest BCUT2D eigenvalue weighted by molar-refractivity contribution is 0.0948. The Morgan fingerprint density at radius 3 is 2.65 bits per heavy atom. The standard InChI is InChI=1S/C14H18N4O.ClH/c1-15-9-5-10-16-14(19)13-8-11-18(17-13)12-6-3-2-4-7-12;/h2-4,6-8,11,15H,5,9-10H2,1H3,(H,16,19);1H. The molecule has 20 heavy (non-hydrogen) atoms. The molecular formula is C14H19ClN4O. The first kappa shape index (κ1) is 16.2. The number of rotatable bonds is 6. The predicted octanol–water partition coefficient (Wildman–Crippen LogP) is 1.63. The Morgan fingerprint density at radius 2 is 1.95 bits per heavy atom. The van der Waals surface area contributed by atoms with Crippen molar-refractivity contribution in [2.45, 2.75) is 6.42 Å². The number of carbonyl (C=O) groups is 1. The van der Waals surface area contributed by atoms with Gasteiger partial charge in [-0.15, -0.1) is 12.4 Å². The first-order valence-electron chi connectivity index (χ1n) is 6.35. The zero-order chi connectivity index (χ0) is 13.5. The van der Waals surface area contributed by atoms with Crippen LogP contribution in [0.25, 0.3) is 5.69 Å². The van der Waals surface area contributed by atoms with Crippen LogP contribution in [0.1, 0.15) is 16.9 Å². The normalized spacial score (nSPS) is 9.85. The van der Waals surface area contributed by atoms with E-state index in [-0.39, 0.29) is 18.3 Å². The molecule has 0 fully saturated rings. The molecule has 108 valence electrons. The minimum Gasteiger partial charge on any atom is -0.351 e. The molecule has 1 amide bonds. The molecule has 1 aromatic heterocycles. The Balaban J connectivity index is 0.00000200. The van der Waals surface area contributed by atoms with Crippen LogP contribution in [-0.4, -0.2) is 35.8 Å². The fourth-order valence-corrected chi connectivity index (χ4v) is 1.73. The highest BCUT2D eigenvalue weighted by molar-refractivity contribution is 5.92. The Morgan fingerprint density at radius 1 is 1.20 bits per heavy atom. The van der Waals surface area contributed by atoms with Crippen molar-refractivity contribution >= 4 is 18.3 Å². The van der Waals surface area contributed by atoms with Crippen LogP contribution in [0.4, 0.5) is 0 Å². The molecule has 0 aliphatic carbocycles. The summed E-state index contributed by atoms with van der Waals surface area (Å²) < 4.78 is 1.70. The van der Waals surface area contributed by atoms with Crippen LogP contribution in [0.3, 0.4) is 0 Å². The van der Waals surface area contributed by atoms with E-state index < -0.39 is 0 Å². The van der Waals surface area contributed by atoms with Gasteiger partial charge in [0.25, 0.3) is 5.91 Å². The topological polar surface area (TPSA) is 58.9 Å². The molecular weight excluding hydrogens is 276 g/mol. The van der Waals surface area contributed by atoms with E-state index in [2.05, 4.69) is 15.7 Å². The van der Waals surface area contributed by atoms with Gasteiger partial charge in [-0.3, -0.25) is 4.79 Å². The number of para-hydroxylation sites is 1. The lowest BCUT2D eigenvalue weighted by Crippen LogP contribution is -2.27. The third-order valence-electron chi connectivity index (χ3n) is 2.73. The highest BCUT2D eigenvalue weighted by atomic mass is 35.5. The molecule has 2 rings (SSSR count). The molecule has 5 nitrogen and oxygen atoms in total. The number of hydrogen-bond donors (Lipinski definition) is 2. The highest BCUT2D eigenvalue weighted by Gasteiger charge is 2.09. The van der Waals surface area contributed by atoms with Crippen molar-refractivity contribution < 1.29 is 4.79 Å². The number of hydrogen-bond acceptors (Lipinski definition) is 3. The first-order chi connectivity index (χ1) is 9.31. The van der Waals surface area contributed by atoms with Crippen molar-refractivity contribution in [1.29, 1.82) is 0 Å². The smallest absolute Gasteiger partial charge is 0.271 e. The van der Waals surface area contributed by atoms with E-state index in [0.29, 0.717) is 12.2 Å². The van der Waals surface area contributed by atoms with Crippen LogP contribution in [0.2, 0.25) is 0 Å². The van der Waals surface area contributed by atoms with E-state index in [1.54, 1.807) is 16.9 Å². The van der Waals surface area contributed by atoms with Gasteiger partial charge >= 0.3 is 0 Å². The molecule has 0 atom stereocenters. The molecule has 1 heterocycles. The van der Waals surface area contributed by atoms with Crippen molar-refractivity contribution in [3.05, 3.63) is 48.3 Å². The molecule has 0 aliphatic rings. The van der Waals surface area contributed by atoms with Crippen LogP contribution < -0.4 is 10.6 Å². The fourth-order valence-electron chi connectivity index (χ4n) is 1.73. The number of nitrogens with zero attached hydrogens (tertiary/aromatic N) is 2. The van der Waals surface area contributed by atoms with Gasteiger partial charge in [0, 0.05) is 12.7 Å². The van der Waals surface area contributed by atoms with Gasteiger partial charge in [0.15, 0.2) is 5.69 Å². The lowest BCUT2D eigenvalue weighted by Gasteiger charge is -2.03. The number of halogens is 1. The minimum absolute atomic E-state index is 0. The maximum atomic E-state index is 11.8. The van der Waals surface area contributed by atoms with Gasteiger partial charge in [-0.2, -0.15) is 5.10 Å². The van der Waals surface area contributed by atoms with Gasteiger partial charge in [-0.1, -0.05) is 18.2 Å². The monoisotopic (exact) mass is 294 g/mol. The summed E-state index contributed by atoms with van der Waals surface area (Å²) in [4.78, 5) is 11.8. The van der Waals surface area contributed by atoms with E-state index in [1.165, 1.54) is 0 Å². The second kappa shape index (κ2) is 8.35. The molecule has 0 spiro atoms. The summed E-state index contributed by atoms with van der Waals surface area (Å²) in [5.74, 6) is -0.134. The van der Waals surface area contributed by atoms with Crippen molar-refractivity contribution in [2.24, 2.45) is 0 Å². The quantitative estimate of drug-likeness (QED) is 0.796. The third kappa shape index (κ3) is 4.36. The number of carbonyl (C=O) groups excluding carboxylic acids is 1. The SMILES string of the molecule is CNCCCNC(=O)c1ccn(-c2ccccc2)n1.Cl. The van der Waals surface area contributed by atoms with E-state index in [9.17, 15) is 4.79 Å². The predicted molar refractivity (Wildman–Crippen MR) is 81.7 cm³/mol. The molecule has 0 bridgehead atoms. The van der Waals surface area contributed by atoms with Crippen LogP contribution in [0.15, 0.2) is 42.6 Å². The van der Waals surface area contributed by atoms with E-state index >= 15 is 0 Å². The van der Waals surface area contributed by atoms with Crippen LogP contribution >= 0.6 is 12.4 Å². The summed E-state index contributed by atoms with van der Waals surface area (Å²) >= 11 is 0. The van der Waals surface area contributed by atoms with Gasteiger partial charge in [0.1, 0.15) is 0 Å². The zero-order valence-corrected chi connectivity index (χ0v) is 12.2. The Labute approximate surface area is 124 Å². The maximum absolute atomic E-state index is 11.8. The number of benzene rings is 1. The molecule has 0 unspecified atom stereocenters. The summed E-state index contributed by atoms with van der Waals surface area (Å²) in [5.41, 5.74) is 1.38. The highest BCUT2D eigenvalue weighted by Crippen LogP contribution is 2.06. The minimum atomic E-state index is -0.134. The summed E-state index contributed by atoms with van der Waals surface area (Å²) in [5, 5.41) is 10.1. The first-order valence-corrected chi connectivity index (χ1v) is 6.35. The van der Waals surface area contributed by atoms with Crippen molar-refractivity contribution in [3.63, 3.8) is 0 Å². The molecule has 0 saturated carbocycles. The Kier molecular flexibility index (Phi) is 6.76. The second-order valence-electron chi connectivity index (χ2n) is 4.19. The molecule has 0 aliphatic heterocycles. The van der Waals surface area contributed by atoms with Gasteiger partial charge in [-0.25, -0.2) is 4.68 Å². The largest absolute Gasteiger partial charge is 0.351 e. The second-order valence-corrected chi connectivity index (χ2v) is 4.19. The average Bonchev–Trinajstić information content (AvgIpc) is 2.94. The fraction of sp³-hybridized carbons (Fsp3) is 0.286. The van der Waals surface area contributed by atoms with E-state index in [0.717, 1.165) is 18.7 Å². The molecule has 0 saturated heterocycles. The summed E-state index contributed by atoms with van der Waals surface area (Å²) in [6.07, 6.45) is 2.69. The van der Waals surface area contributed by atoms with Crippen LogP contribution in [0.5, 0.6) is 0 Å². The molecule has 2 N–H and O–H groups in total. The third-order valence-corrected chi connectivity index (χ3v) is 2.73. The van der Waals surface area contributed by atoms with Gasteiger partial charge in [0.05, 0.1) is 5.69 Å². The molecule has 6 heteroatoms. The number of nitrogens with one attached hydrogen (secondary N) is 2. The van der Waals surface area contributed by atoms with Crippen molar-refractivity contribution in [2.75, 3.05) is 20.1 Å². The Hall–Kier alpha value is -1.85. The van der Waals surface area contributed by atoms with Gasteiger partial charge in [0.2, 0.25) is 0 Å². The van der Waals surface area contributed by atoms with Crippen molar-refractivity contribution in [1.82, 2.24) is 20.4 Å². The van der Waals surface area contributed by atoms with Gasteiger partial charge < -0.3 is 10.6 Å². The molecule has 2 aromatic rings. The van der Waals surface area contributed by atoms with Crippen molar-refractivity contribution in [3.8, 4) is 5.69 Å². The zero-order valence-electron chi connectivity index (χ0n) is 11.4.